The molecule has 8 unspecified atom stereocenters. The van der Waals surface area contributed by atoms with Gasteiger partial charge in [-0.15, -0.1) is 0 Å². The zero-order valence-electron chi connectivity index (χ0n) is 13.5. The van der Waals surface area contributed by atoms with Gasteiger partial charge in [0.05, 0.1) is 24.4 Å². The van der Waals surface area contributed by atoms with Crippen molar-refractivity contribution >= 4 is 0 Å². The first-order valence-electron chi connectivity index (χ1n) is 9.70. The molecular formula is C18H30N2O2. The Bertz CT molecular complexity index is 344. The maximum absolute atomic E-state index is 6.52. The second kappa shape index (κ2) is 5.73. The molecule has 2 N–H and O–H groups in total. The Hall–Kier alpha value is -0.160. The van der Waals surface area contributed by atoms with Gasteiger partial charge in [-0.05, 0) is 38.5 Å². The molecule has 8 atom stereocenters. The fourth-order valence-electron chi connectivity index (χ4n) is 5.68. The summed E-state index contributed by atoms with van der Waals surface area (Å²) in [6.45, 7) is 0. The first-order valence-corrected chi connectivity index (χ1v) is 9.70. The minimum atomic E-state index is 0.400. The Morgan fingerprint density at radius 1 is 0.500 bits per heavy atom. The summed E-state index contributed by atoms with van der Waals surface area (Å²) in [7, 11) is 0. The summed E-state index contributed by atoms with van der Waals surface area (Å²) in [6.07, 6.45) is 14.5. The summed E-state index contributed by atoms with van der Waals surface area (Å²) in [4.78, 5) is 0. The monoisotopic (exact) mass is 306 g/mol. The Morgan fingerprint density at radius 3 is 1.45 bits per heavy atom. The quantitative estimate of drug-likeness (QED) is 0.719. The lowest BCUT2D eigenvalue weighted by atomic mass is 9.79. The molecule has 2 heterocycles. The van der Waals surface area contributed by atoms with Crippen LogP contribution >= 0.6 is 0 Å². The Labute approximate surface area is 133 Å². The fourth-order valence-corrected chi connectivity index (χ4v) is 5.68. The van der Waals surface area contributed by atoms with E-state index < -0.39 is 0 Å². The average Bonchev–Trinajstić information content (AvgIpc) is 2.56. The van der Waals surface area contributed by atoms with Crippen LogP contribution in [0.5, 0.6) is 0 Å². The number of ether oxygens (including phenoxy) is 2. The Morgan fingerprint density at radius 2 is 0.955 bits per heavy atom. The van der Waals surface area contributed by atoms with E-state index >= 15 is 0 Å². The third-order valence-corrected chi connectivity index (χ3v) is 6.83. The van der Waals surface area contributed by atoms with Gasteiger partial charge in [0.15, 0.2) is 0 Å². The molecule has 0 aromatic heterocycles. The van der Waals surface area contributed by atoms with Crippen LogP contribution in [-0.2, 0) is 9.47 Å². The third kappa shape index (κ3) is 2.43. The summed E-state index contributed by atoms with van der Waals surface area (Å²) >= 11 is 0. The molecule has 5 rings (SSSR count). The van der Waals surface area contributed by atoms with Gasteiger partial charge in [-0.2, -0.15) is 0 Å². The topological polar surface area (TPSA) is 42.5 Å². The van der Waals surface area contributed by atoms with E-state index in [0.717, 1.165) is 12.8 Å². The highest BCUT2D eigenvalue weighted by molar-refractivity contribution is 5.04. The van der Waals surface area contributed by atoms with Gasteiger partial charge in [0.25, 0.3) is 0 Å². The van der Waals surface area contributed by atoms with Crippen molar-refractivity contribution in [2.24, 2.45) is 0 Å². The summed E-state index contributed by atoms with van der Waals surface area (Å²) in [5.74, 6) is 0. The van der Waals surface area contributed by atoms with E-state index in [1.54, 1.807) is 0 Å². The number of hydrogen-bond donors (Lipinski definition) is 2. The number of fused-ring (bicyclic) bond motifs is 4. The van der Waals surface area contributed by atoms with Gasteiger partial charge in [0.2, 0.25) is 0 Å². The van der Waals surface area contributed by atoms with Crippen LogP contribution in [0.4, 0.5) is 0 Å². The SMILES string of the molecule is C1CCC2OC3CC4NC5CCCCC5OC4CC3NC2C1. The van der Waals surface area contributed by atoms with Crippen LogP contribution in [0.1, 0.15) is 64.2 Å². The van der Waals surface area contributed by atoms with Crippen LogP contribution in [0.25, 0.3) is 0 Å². The lowest BCUT2D eigenvalue weighted by Crippen LogP contribution is -2.69. The van der Waals surface area contributed by atoms with Crippen molar-refractivity contribution in [3.63, 3.8) is 0 Å². The largest absolute Gasteiger partial charge is 0.372 e. The van der Waals surface area contributed by atoms with Crippen molar-refractivity contribution in [1.29, 1.82) is 0 Å². The molecule has 0 radical (unpaired) electrons. The number of morpholine rings is 2. The van der Waals surface area contributed by atoms with E-state index in [4.69, 9.17) is 9.47 Å². The summed E-state index contributed by atoms with van der Waals surface area (Å²) in [6, 6.07) is 2.24. The molecule has 22 heavy (non-hydrogen) atoms. The highest BCUT2D eigenvalue weighted by Gasteiger charge is 2.48. The van der Waals surface area contributed by atoms with Gasteiger partial charge in [-0.25, -0.2) is 0 Å². The molecular weight excluding hydrogens is 276 g/mol. The standard InChI is InChI=1S/C18H30N2O2/c1-3-7-15-11(5-1)19-13-9-18-14(10-17(13)21-15)20-12-6-2-4-8-16(12)22-18/h11-20H,1-10H2. The molecule has 124 valence electrons. The smallest absolute Gasteiger partial charge is 0.0749 e. The van der Waals surface area contributed by atoms with Gasteiger partial charge < -0.3 is 20.1 Å². The van der Waals surface area contributed by atoms with Crippen LogP contribution in [0.2, 0.25) is 0 Å². The van der Waals surface area contributed by atoms with E-state index in [1.165, 1.54) is 51.4 Å². The summed E-state index contributed by atoms with van der Waals surface area (Å²) in [5.41, 5.74) is 0. The molecule has 4 nitrogen and oxygen atoms in total. The van der Waals surface area contributed by atoms with Gasteiger partial charge in [-0.1, -0.05) is 25.7 Å². The highest BCUT2D eigenvalue weighted by atomic mass is 16.5. The molecule has 2 saturated heterocycles. The van der Waals surface area contributed by atoms with E-state index in [2.05, 4.69) is 10.6 Å². The molecule has 0 spiro atoms. The van der Waals surface area contributed by atoms with Gasteiger partial charge in [0.1, 0.15) is 0 Å². The first-order chi connectivity index (χ1) is 10.9. The van der Waals surface area contributed by atoms with E-state index in [0.29, 0.717) is 48.6 Å². The van der Waals surface area contributed by atoms with Crippen molar-refractivity contribution in [3.05, 3.63) is 0 Å². The predicted molar refractivity (Wildman–Crippen MR) is 84.9 cm³/mol. The molecule has 0 bridgehead atoms. The fraction of sp³-hybridized carbons (Fsp3) is 1.00. The van der Waals surface area contributed by atoms with E-state index in [9.17, 15) is 0 Å². The molecule has 5 fully saturated rings. The van der Waals surface area contributed by atoms with Crippen molar-refractivity contribution in [2.75, 3.05) is 0 Å². The molecule has 5 aliphatic rings. The maximum atomic E-state index is 6.52. The minimum absolute atomic E-state index is 0.400. The van der Waals surface area contributed by atoms with Crippen LogP contribution in [-0.4, -0.2) is 48.6 Å². The van der Waals surface area contributed by atoms with Crippen molar-refractivity contribution < 1.29 is 9.47 Å². The number of nitrogens with one attached hydrogen (secondary N) is 2. The Balaban J connectivity index is 1.29. The van der Waals surface area contributed by atoms with E-state index in [1.807, 2.05) is 0 Å². The van der Waals surface area contributed by atoms with Crippen molar-refractivity contribution in [1.82, 2.24) is 10.6 Å². The van der Waals surface area contributed by atoms with Crippen LogP contribution in [0, 0.1) is 0 Å². The molecule has 3 aliphatic carbocycles. The van der Waals surface area contributed by atoms with Gasteiger partial charge in [0, 0.05) is 24.2 Å². The number of rotatable bonds is 0. The molecule has 2 aliphatic heterocycles. The van der Waals surface area contributed by atoms with Crippen LogP contribution < -0.4 is 10.6 Å². The summed E-state index contributed by atoms with van der Waals surface area (Å²) < 4.78 is 13.0. The minimum Gasteiger partial charge on any atom is -0.372 e. The highest BCUT2D eigenvalue weighted by Crippen LogP contribution is 2.38. The lowest BCUT2D eigenvalue weighted by molar-refractivity contribution is -0.172. The van der Waals surface area contributed by atoms with Gasteiger partial charge in [-0.3, -0.25) is 0 Å². The Kier molecular flexibility index (Phi) is 3.70. The molecule has 3 saturated carbocycles. The molecule has 0 aromatic carbocycles. The van der Waals surface area contributed by atoms with E-state index in [-0.39, 0.29) is 0 Å². The van der Waals surface area contributed by atoms with Gasteiger partial charge >= 0.3 is 0 Å². The number of hydrogen-bond acceptors (Lipinski definition) is 4. The van der Waals surface area contributed by atoms with Crippen molar-refractivity contribution in [3.8, 4) is 0 Å². The first kappa shape index (κ1) is 14.2. The van der Waals surface area contributed by atoms with Crippen molar-refractivity contribution in [2.45, 2.75) is 113 Å². The molecule has 4 heteroatoms. The van der Waals surface area contributed by atoms with Crippen LogP contribution in [0.3, 0.4) is 0 Å². The zero-order valence-corrected chi connectivity index (χ0v) is 13.5. The summed E-state index contributed by atoms with van der Waals surface area (Å²) in [5, 5.41) is 7.86. The molecule has 0 aromatic rings. The average molecular weight is 306 g/mol. The predicted octanol–water partition coefficient (Wildman–Crippen LogP) is 2.12. The second-order valence-corrected chi connectivity index (χ2v) is 8.23. The third-order valence-electron chi connectivity index (χ3n) is 6.83. The second-order valence-electron chi connectivity index (χ2n) is 8.23. The normalized spacial score (nSPS) is 54.5. The van der Waals surface area contributed by atoms with Crippen LogP contribution in [0.15, 0.2) is 0 Å². The molecule has 0 amide bonds. The maximum Gasteiger partial charge on any atom is 0.0749 e. The lowest BCUT2D eigenvalue weighted by Gasteiger charge is -2.54. The zero-order chi connectivity index (χ0) is 14.5.